The number of rotatable bonds is 5. The highest BCUT2D eigenvalue weighted by Gasteiger charge is 2.12. The third kappa shape index (κ3) is 3.52. The Bertz CT molecular complexity index is 1030. The third-order valence-corrected chi connectivity index (χ3v) is 4.91. The largest absolute Gasteiger partial charge is 0.387 e. The summed E-state index contributed by atoms with van der Waals surface area (Å²) in [6, 6.07) is 10.6. The maximum Gasteiger partial charge on any atom is 0.186 e. The quantitative estimate of drug-likeness (QED) is 0.517. The first-order valence-corrected chi connectivity index (χ1v) is 9.43. The van der Waals surface area contributed by atoms with Gasteiger partial charge in [0.25, 0.3) is 0 Å². The van der Waals surface area contributed by atoms with Gasteiger partial charge >= 0.3 is 0 Å². The van der Waals surface area contributed by atoms with Gasteiger partial charge in [-0.2, -0.15) is 15.9 Å². The van der Waals surface area contributed by atoms with Gasteiger partial charge in [-0.25, -0.2) is 0 Å². The molecule has 1 unspecified atom stereocenters. The molecule has 132 valence electrons. The van der Waals surface area contributed by atoms with Gasteiger partial charge in [0.05, 0.1) is 6.10 Å². The van der Waals surface area contributed by atoms with E-state index in [-0.39, 0.29) is 6.54 Å². The van der Waals surface area contributed by atoms with Crippen molar-refractivity contribution >= 4 is 46.0 Å². The molecule has 1 atom stereocenters. The van der Waals surface area contributed by atoms with E-state index in [1.807, 2.05) is 22.9 Å². The van der Waals surface area contributed by atoms with Gasteiger partial charge in [0, 0.05) is 27.5 Å². The normalized spacial score (nSPS) is 12.4. The lowest BCUT2D eigenvalue weighted by Gasteiger charge is -2.13. The number of thiophene rings is 1. The van der Waals surface area contributed by atoms with Crippen LogP contribution >= 0.6 is 34.5 Å². The fourth-order valence-corrected chi connectivity index (χ4v) is 3.72. The van der Waals surface area contributed by atoms with Crippen LogP contribution in [0.4, 0.5) is 5.82 Å². The zero-order chi connectivity index (χ0) is 18.1. The monoisotopic (exact) mass is 405 g/mol. The maximum absolute atomic E-state index is 10.4. The van der Waals surface area contributed by atoms with E-state index in [0.717, 1.165) is 5.56 Å². The van der Waals surface area contributed by atoms with Crippen LogP contribution < -0.4 is 5.32 Å². The molecule has 0 radical (unpaired) electrons. The van der Waals surface area contributed by atoms with Crippen molar-refractivity contribution in [2.45, 2.75) is 6.10 Å². The van der Waals surface area contributed by atoms with Crippen molar-refractivity contribution in [1.82, 2.24) is 19.8 Å². The molecular formula is C17H13Cl2N5OS. The van der Waals surface area contributed by atoms with Gasteiger partial charge in [-0.1, -0.05) is 23.2 Å². The summed E-state index contributed by atoms with van der Waals surface area (Å²) in [6.45, 7) is 0.255. The van der Waals surface area contributed by atoms with E-state index in [0.29, 0.717) is 32.9 Å². The topological polar surface area (TPSA) is 75.3 Å². The molecule has 0 saturated heterocycles. The van der Waals surface area contributed by atoms with Crippen LogP contribution in [0.5, 0.6) is 0 Å². The molecule has 2 N–H and O–H groups in total. The van der Waals surface area contributed by atoms with Crippen LogP contribution in [0.1, 0.15) is 11.7 Å². The number of nitrogens with one attached hydrogen (secondary N) is 1. The first kappa shape index (κ1) is 17.2. The zero-order valence-corrected chi connectivity index (χ0v) is 15.6. The van der Waals surface area contributed by atoms with Gasteiger partial charge in [-0.15, -0.1) is 15.3 Å². The first-order chi connectivity index (χ1) is 12.6. The molecule has 0 aliphatic carbocycles. The van der Waals surface area contributed by atoms with Crippen molar-refractivity contribution in [1.29, 1.82) is 0 Å². The van der Waals surface area contributed by atoms with Crippen molar-refractivity contribution in [2.24, 2.45) is 0 Å². The zero-order valence-electron chi connectivity index (χ0n) is 13.3. The predicted octanol–water partition coefficient (Wildman–Crippen LogP) is 4.31. The van der Waals surface area contributed by atoms with Crippen LogP contribution in [0.2, 0.25) is 10.0 Å². The number of benzene rings is 1. The van der Waals surface area contributed by atoms with E-state index < -0.39 is 6.10 Å². The molecule has 6 nitrogen and oxygen atoms in total. The summed E-state index contributed by atoms with van der Waals surface area (Å²) in [5.41, 5.74) is 2.25. The molecule has 4 aromatic rings. The number of aromatic nitrogens is 4. The third-order valence-electron chi connectivity index (χ3n) is 3.79. The van der Waals surface area contributed by atoms with Crippen molar-refractivity contribution in [3.8, 4) is 11.4 Å². The lowest BCUT2D eigenvalue weighted by Crippen LogP contribution is -2.14. The average molecular weight is 406 g/mol. The highest BCUT2D eigenvalue weighted by Crippen LogP contribution is 2.24. The Kier molecular flexibility index (Phi) is 4.78. The van der Waals surface area contributed by atoms with Crippen LogP contribution in [-0.2, 0) is 0 Å². The van der Waals surface area contributed by atoms with Gasteiger partial charge in [0.15, 0.2) is 11.5 Å². The average Bonchev–Trinajstić information content (AvgIpc) is 3.27. The number of hydrogen-bond donors (Lipinski definition) is 2. The van der Waals surface area contributed by atoms with Crippen molar-refractivity contribution in [3.05, 3.63) is 62.8 Å². The number of halogens is 2. The Balaban J connectivity index is 1.55. The van der Waals surface area contributed by atoms with Gasteiger partial charge in [0.2, 0.25) is 0 Å². The summed E-state index contributed by atoms with van der Waals surface area (Å²) < 4.78 is 1.67. The van der Waals surface area contributed by atoms with E-state index in [2.05, 4.69) is 20.6 Å². The molecule has 0 aliphatic rings. The molecule has 0 bridgehead atoms. The fourth-order valence-electron chi connectivity index (χ4n) is 2.54. The minimum Gasteiger partial charge on any atom is -0.387 e. The Hall–Kier alpha value is -2.19. The molecule has 0 aliphatic heterocycles. The molecule has 4 rings (SSSR count). The molecule has 0 spiro atoms. The number of aliphatic hydroxyl groups excluding tert-OH is 1. The summed E-state index contributed by atoms with van der Waals surface area (Å²) in [5, 5.41) is 31.3. The molecule has 3 aromatic heterocycles. The number of anilines is 1. The lowest BCUT2D eigenvalue weighted by atomic mass is 10.1. The van der Waals surface area contributed by atoms with Crippen molar-refractivity contribution < 1.29 is 5.11 Å². The van der Waals surface area contributed by atoms with Crippen molar-refractivity contribution in [2.75, 3.05) is 11.9 Å². The predicted molar refractivity (Wildman–Crippen MR) is 104 cm³/mol. The second kappa shape index (κ2) is 7.20. The number of aliphatic hydroxyl groups is 1. The van der Waals surface area contributed by atoms with Gasteiger partial charge in [0.1, 0.15) is 5.82 Å². The highest BCUT2D eigenvalue weighted by atomic mass is 35.5. The summed E-state index contributed by atoms with van der Waals surface area (Å²) >= 11 is 13.6. The smallest absolute Gasteiger partial charge is 0.186 e. The Morgan fingerprint density at radius 1 is 1.12 bits per heavy atom. The summed E-state index contributed by atoms with van der Waals surface area (Å²) in [7, 11) is 0. The maximum atomic E-state index is 10.4. The van der Waals surface area contributed by atoms with Crippen LogP contribution in [-0.4, -0.2) is 31.5 Å². The molecule has 0 saturated carbocycles. The minimum atomic E-state index is -0.777. The SMILES string of the molecule is OC(CNc1ccc2nnc(-c3ccsc3)n2n1)c1cc(Cl)cc(Cl)c1. The molecule has 1 aromatic carbocycles. The summed E-state index contributed by atoms with van der Waals surface area (Å²) in [6.07, 6.45) is -0.777. The summed E-state index contributed by atoms with van der Waals surface area (Å²) in [4.78, 5) is 0. The standard InChI is InChI=1S/C17H13Cl2N5OS/c18-12-5-11(6-13(19)7-12)14(25)8-20-15-1-2-16-21-22-17(24(16)23-15)10-3-4-26-9-10/h1-7,9,14,25H,8H2,(H,20,23). The van der Waals surface area contributed by atoms with Crippen LogP contribution in [0, 0.1) is 0 Å². The van der Waals surface area contributed by atoms with Crippen LogP contribution in [0.25, 0.3) is 17.0 Å². The lowest BCUT2D eigenvalue weighted by molar-refractivity contribution is 0.191. The molecule has 26 heavy (non-hydrogen) atoms. The fraction of sp³-hybridized carbons (Fsp3) is 0.118. The van der Waals surface area contributed by atoms with Crippen molar-refractivity contribution in [3.63, 3.8) is 0 Å². The Morgan fingerprint density at radius 3 is 2.65 bits per heavy atom. The van der Waals surface area contributed by atoms with E-state index in [4.69, 9.17) is 23.2 Å². The molecule has 0 fully saturated rings. The van der Waals surface area contributed by atoms with E-state index in [9.17, 15) is 5.11 Å². The molecule has 0 amide bonds. The number of fused-ring (bicyclic) bond motifs is 1. The second-order valence-corrected chi connectivity index (χ2v) is 7.28. The molecule has 9 heteroatoms. The van der Waals surface area contributed by atoms with E-state index in [1.165, 1.54) is 0 Å². The second-order valence-electron chi connectivity index (χ2n) is 5.62. The first-order valence-electron chi connectivity index (χ1n) is 7.73. The van der Waals surface area contributed by atoms with Gasteiger partial charge < -0.3 is 10.4 Å². The molecular weight excluding hydrogens is 393 g/mol. The van der Waals surface area contributed by atoms with E-state index >= 15 is 0 Å². The number of hydrogen-bond acceptors (Lipinski definition) is 6. The highest BCUT2D eigenvalue weighted by molar-refractivity contribution is 7.08. The van der Waals surface area contributed by atoms with E-state index in [1.54, 1.807) is 40.1 Å². The summed E-state index contributed by atoms with van der Waals surface area (Å²) in [5.74, 6) is 1.27. The van der Waals surface area contributed by atoms with Gasteiger partial charge in [-0.3, -0.25) is 0 Å². The Labute approximate surface area is 163 Å². The minimum absolute atomic E-state index is 0.255. The van der Waals surface area contributed by atoms with Gasteiger partial charge in [-0.05, 0) is 47.3 Å². The number of nitrogens with zero attached hydrogens (tertiary/aromatic N) is 4. The molecule has 3 heterocycles. The van der Waals surface area contributed by atoms with Crippen LogP contribution in [0.3, 0.4) is 0 Å². The Morgan fingerprint density at radius 2 is 1.92 bits per heavy atom. The van der Waals surface area contributed by atoms with Crippen LogP contribution in [0.15, 0.2) is 47.2 Å².